The van der Waals surface area contributed by atoms with Crippen LogP contribution in [0.25, 0.3) is 0 Å². The largest absolute Gasteiger partial charge is 0.480 e. The Hall–Kier alpha value is -0.700. The summed E-state index contributed by atoms with van der Waals surface area (Å²) in [4.78, 5) is 12.7. The van der Waals surface area contributed by atoms with Crippen LogP contribution in [0, 0.1) is 5.92 Å². The maximum atomic E-state index is 12.4. The molecule has 22 heavy (non-hydrogen) atoms. The molecule has 0 unspecified atom stereocenters. The molecule has 0 spiro atoms. The molecule has 2 aliphatic rings. The van der Waals surface area contributed by atoms with Crippen molar-refractivity contribution < 1.29 is 18.3 Å². The van der Waals surface area contributed by atoms with Gasteiger partial charge >= 0.3 is 5.97 Å². The summed E-state index contributed by atoms with van der Waals surface area (Å²) < 4.78 is 29.0. The molecule has 0 saturated heterocycles. The first-order chi connectivity index (χ1) is 10.4. The fourth-order valence-electron chi connectivity index (χ4n) is 2.93. The van der Waals surface area contributed by atoms with Crippen LogP contribution in [0.15, 0.2) is 0 Å². The van der Waals surface area contributed by atoms with Gasteiger partial charge in [-0.15, -0.1) is 0 Å². The van der Waals surface area contributed by atoms with E-state index >= 15 is 0 Å². The Bertz CT molecular complexity index is 486. The van der Waals surface area contributed by atoms with Gasteiger partial charge in [0.15, 0.2) is 0 Å². The molecule has 0 amide bonds. The summed E-state index contributed by atoms with van der Waals surface area (Å²) >= 11 is 0. The van der Waals surface area contributed by atoms with Crippen LogP contribution >= 0.6 is 0 Å². The van der Waals surface area contributed by atoms with Gasteiger partial charge < -0.3 is 5.11 Å². The summed E-state index contributed by atoms with van der Waals surface area (Å²) in [5.41, 5.74) is 0. The Kier molecular flexibility index (Phi) is 5.81. The second-order valence-electron chi connectivity index (χ2n) is 6.30. The zero-order chi connectivity index (χ0) is 16.3. The van der Waals surface area contributed by atoms with Crippen LogP contribution in [0.2, 0.25) is 0 Å². The minimum Gasteiger partial charge on any atom is -0.480 e. The first kappa shape index (κ1) is 17.7. The van der Waals surface area contributed by atoms with Crippen molar-refractivity contribution in [3.63, 3.8) is 0 Å². The lowest BCUT2D eigenvalue weighted by atomic mass is 9.86. The average Bonchev–Trinajstić information content (AvgIpc) is 3.21. The third-order valence-electron chi connectivity index (χ3n) is 4.54. The van der Waals surface area contributed by atoms with E-state index in [0.29, 0.717) is 38.4 Å². The Morgan fingerprint density at radius 3 is 2.32 bits per heavy atom. The number of likely N-dealkylation sites (N-methyl/N-ethyl adjacent to an activating group) is 1. The van der Waals surface area contributed by atoms with Gasteiger partial charge in [-0.05, 0) is 38.1 Å². The highest BCUT2D eigenvalue weighted by Crippen LogP contribution is 2.31. The smallest absolute Gasteiger partial charge is 0.317 e. The van der Waals surface area contributed by atoms with Crippen LogP contribution in [0.5, 0.6) is 0 Å². The number of nitrogens with one attached hydrogen (secondary N) is 1. The van der Waals surface area contributed by atoms with Gasteiger partial charge in [0.25, 0.3) is 10.2 Å². The van der Waals surface area contributed by atoms with Crippen molar-refractivity contribution in [2.75, 3.05) is 26.2 Å². The summed E-state index contributed by atoms with van der Waals surface area (Å²) in [5.74, 6) is -0.315. The predicted molar refractivity (Wildman–Crippen MR) is 83.7 cm³/mol. The zero-order valence-corrected chi connectivity index (χ0v) is 14.2. The third kappa shape index (κ3) is 4.65. The maximum Gasteiger partial charge on any atom is 0.317 e. The van der Waals surface area contributed by atoms with Gasteiger partial charge in [-0.25, -0.2) is 0 Å². The molecular weight excluding hydrogens is 306 g/mol. The van der Waals surface area contributed by atoms with Crippen LogP contribution in [0.1, 0.15) is 39.5 Å². The molecule has 128 valence electrons. The maximum absolute atomic E-state index is 12.4. The number of nitrogens with zero attached hydrogens (tertiary/aromatic N) is 2. The van der Waals surface area contributed by atoms with E-state index in [1.165, 1.54) is 4.31 Å². The minimum atomic E-state index is -3.42. The third-order valence-corrected chi connectivity index (χ3v) is 6.26. The minimum absolute atomic E-state index is 0.0173. The molecule has 0 aromatic heterocycles. The zero-order valence-electron chi connectivity index (χ0n) is 13.4. The van der Waals surface area contributed by atoms with Crippen LogP contribution in [0.4, 0.5) is 0 Å². The molecule has 0 bridgehead atoms. The van der Waals surface area contributed by atoms with E-state index in [0.717, 1.165) is 12.8 Å². The molecule has 0 aromatic carbocycles. The van der Waals surface area contributed by atoms with Crippen molar-refractivity contribution in [2.45, 2.75) is 51.6 Å². The molecule has 7 nitrogen and oxygen atoms in total. The lowest BCUT2D eigenvalue weighted by molar-refractivity contribution is -0.139. The van der Waals surface area contributed by atoms with Gasteiger partial charge in [0.05, 0.1) is 6.54 Å². The molecule has 0 aromatic rings. The first-order valence-electron chi connectivity index (χ1n) is 8.09. The Labute approximate surface area is 132 Å². The van der Waals surface area contributed by atoms with E-state index in [-0.39, 0.29) is 18.6 Å². The van der Waals surface area contributed by atoms with Gasteiger partial charge in [-0.1, -0.05) is 13.8 Å². The number of carboxylic acid groups (broad SMARTS) is 1. The van der Waals surface area contributed by atoms with E-state index in [9.17, 15) is 13.2 Å². The molecule has 0 aliphatic heterocycles. The van der Waals surface area contributed by atoms with Gasteiger partial charge in [0.2, 0.25) is 0 Å². The molecular formula is C14H27N3O4S. The fraction of sp³-hybridized carbons (Fsp3) is 0.929. The Balaban J connectivity index is 1.81. The van der Waals surface area contributed by atoms with Crippen LogP contribution in [-0.2, 0) is 15.0 Å². The number of carbonyl (C=O) groups is 1. The molecule has 2 aliphatic carbocycles. The summed E-state index contributed by atoms with van der Waals surface area (Å²) in [6, 6.07) is 0.0819. The van der Waals surface area contributed by atoms with Gasteiger partial charge in [0, 0.05) is 25.2 Å². The Morgan fingerprint density at radius 1 is 1.23 bits per heavy atom. The van der Waals surface area contributed by atoms with Crippen LogP contribution in [0.3, 0.4) is 0 Å². The van der Waals surface area contributed by atoms with Gasteiger partial charge in [0.1, 0.15) is 0 Å². The molecule has 8 heteroatoms. The van der Waals surface area contributed by atoms with E-state index in [1.54, 1.807) is 0 Å². The SMILES string of the molecule is CCN(CC(=O)O)C1CC(NS(=O)(=O)N(CC)CC2CC2)C1. The number of carboxylic acids is 1. The second-order valence-corrected chi connectivity index (χ2v) is 8.00. The van der Waals surface area contributed by atoms with Crippen molar-refractivity contribution in [1.82, 2.24) is 13.9 Å². The fourth-order valence-corrected chi connectivity index (χ4v) is 4.44. The second kappa shape index (κ2) is 7.25. The highest BCUT2D eigenvalue weighted by atomic mass is 32.2. The highest BCUT2D eigenvalue weighted by Gasteiger charge is 2.38. The van der Waals surface area contributed by atoms with Crippen molar-refractivity contribution in [2.24, 2.45) is 5.92 Å². The molecule has 0 heterocycles. The Morgan fingerprint density at radius 2 is 1.86 bits per heavy atom. The predicted octanol–water partition coefficient (Wildman–Crippen LogP) is 0.490. The number of aliphatic carboxylic acids is 1. The molecule has 2 fully saturated rings. The summed E-state index contributed by atoms with van der Waals surface area (Å²) in [7, 11) is -3.42. The standard InChI is InChI=1S/C14H27N3O4S/c1-3-16(10-14(18)19)13-7-12(8-13)15-22(20,21)17(4-2)9-11-5-6-11/h11-13,15H,3-10H2,1-2H3,(H,18,19). The average molecular weight is 333 g/mol. The molecule has 0 radical (unpaired) electrons. The van der Waals surface area contributed by atoms with Crippen molar-refractivity contribution in [1.29, 1.82) is 0 Å². The molecule has 0 atom stereocenters. The number of rotatable bonds is 10. The van der Waals surface area contributed by atoms with E-state index in [1.807, 2.05) is 18.7 Å². The summed E-state index contributed by atoms with van der Waals surface area (Å²) in [6.07, 6.45) is 3.61. The lowest BCUT2D eigenvalue weighted by Crippen LogP contribution is -2.57. The number of hydrogen-bond acceptors (Lipinski definition) is 4. The summed E-state index contributed by atoms with van der Waals surface area (Å²) in [6.45, 7) is 5.57. The van der Waals surface area contributed by atoms with E-state index < -0.39 is 16.2 Å². The van der Waals surface area contributed by atoms with Crippen molar-refractivity contribution in [3.05, 3.63) is 0 Å². The first-order valence-corrected chi connectivity index (χ1v) is 9.53. The quantitative estimate of drug-likeness (QED) is 0.607. The van der Waals surface area contributed by atoms with Gasteiger partial charge in [-0.2, -0.15) is 17.4 Å². The van der Waals surface area contributed by atoms with Crippen molar-refractivity contribution in [3.8, 4) is 0 Å². The van der Waals surface area contributed by atoms with Crippen LogP contribution in [-0.4, -0.2) is 67.0 Å². The normalized spacial score (nSPS) is 25.5. The number of hydrogen-bond donors (Lipinski definition) is 2. The molecule has 2 N–H and O–H groups in total. The monoisotopic (exact) mass is 333 g/mol. The lowest BCUT2D eigenvalue weighted by Gasteiger charge is -2.42. The van der Waals surface area contributed by atoms with Gasteiger partial charge in [-0.3, -0.25) is 9.69 Å². The van der Waals surface area contributed by atoms with Crippen LogP contribution < -0.4 is 4.72 Å². The molecule has 2 rings (SSSR count). The van der Waals surface area contributed by atoms with E-state index in [2.05, 4.69) is 4.72 Å². The van der Waals surface area contributed by atoms with Crippen molar-refractivity contribution >= 4 is 16.2 Å². The molecule has 2 saturated carbocycles. The van der Waals surface area contributed by atoms with E-state index in [4.69, 9.17) is 5.11 Å². The topological polar surface area (TPSA) is 90.0 Å². The summed E-state index contributed by atoms with van der Waals surface area (Å²) in [5, 5.41) is 8.87. The highest BCUT2D eigenvalue weighted by molar-refractivity contribution is 7.87.